The summed E-state index contributed by atoms with van der Waals surface area (Å²) in [4.78, 5) is 11.0. The molecule has 1 aliphatic rings. The molecular formula is C6H10N4O. The van der Waals surface area contributed by atoms with E-state index in [1.54, 1.807) is 7.05 Å². The molecule has 60 valence electrons. The lowest BCUT2D eigenvalue weighted by Gasteiger charge is -2.00. The highest BCUT2D eigenvalue weighted by Gasteiger charge is 2.29. The van der Waals surface area contributed by atoms with Crippen LogP contribution in [0.15, 0.2) is 4.79 Å². The van der Waals surface area contributed by atoms with Crippen molar-refractivity contribution in [1.29, 1.82) is 0 Å². The monoisotopic (exact) mass is 154 g/mol. The number of aromatic amines is 1. The molecule has 1 aromatic rings. The molecule has 0 atom stereocenters. The van der Waals surface area contributed by atoms with Gasteiger partial charge in [-0.2, -0.15) is 9.77 Å². The van der Waals surface area contributed by atoms with Gasteiger partial charge in [0.15, 0.2) is 5.82 Å². The van der Waals surface area contributed by atoms with E-state index >= 15 is 0 Å². The van der Waals surface area contributed by atoms with Gasteiger partial charge in [-0.05, 0) is 12.8 Å². The van der Waals surface area contributed by atoms with Crippen molar-refractivity contribution in [3.05, 3.63) is 16.3 Å². The van der Waals surface area contributed by atoms with Gasteiger partial charge in [-0.1, -0.05) is 0 Å². The van der Waals surface area contributed by atoms with Crippen molar-refractivity contribution in [3.8, 4) is 0 Å². The van der Waals surface area contributed by atoms with Gasteiger partial charge in [0, 0.05) is 13.0 Å². The molecule has 0 unspecified atom stereocenters. The summed E-state index contributed by atoms with van der Waals surface area (Å²) in [6.07, 6.45) is 2.29. The minimum absolute atomic E-state index is 0.186. The molecule has 0 aromatic carbocycles. The molecule has 2 rings (SSSR count). The Hall–Kier alpha value is -1.26. The lowest BCUT2D eigenvalue weighted by Crippen LogP contribution is -2.25. The van der Waals surface area contributed by atoms with Gasteiger partial charge < -0.3 is 5.43 Å². The molecule has 5 heteroatoms. The zero-order valence-corrected chi connectivity index (χ0v) is 6.29. The molecule has 1 aliphatic carbocycles. The lowest BCUT2D eigenvalue weighted by molar-refractivity contribution is 0.790. The van der Waals surface area contributed by atoms with E-state index in [0.717, 1.165) is 18.7 Å². The zero-order valence-electron chi connectivity index (χ0n) is 6.29. The van der Waals surface area contributed by atoms with Crippen molar-refractivity contribution in [3.63, 3.8) is 0 Å². The maximum atomic E-state index is 11.0. The summed E-state index contributed by atoms with van der Waals surface area (Å²) < 4.78 is 1.46. The van der Waals surface area contributed by atoms with E-state index in [-0.39, 0.29) is 5.69 Å². The highest BCUT2D eigenvalue weighted by Crippen LogP contribution is 2.37. The summed E-state index contributed by atoms with van der Waals surface area (Å²) in [5, 5.41) is 6.32. The van der Waals surface area contributed by atoms with E-state index in [0.29, 0.717) is 5.92 Å². The van der Waals surface area contributed by atoms with Crippen LogP contribution in [0.1, 0.15) is 24.6 Å². The van der Waals surface area contributed by atoms with Gasteiger partial charge >= 0.3 is 5.69 Å². The first-order chi connectivity index (χ1) is 5.33. The first-order valence-corrected chi connectivity index (χ1v) is 3.68. The molecule has 2 N–H and O–H groups in total. The summed E-state index contributed by atoms with van der Waals surface area (Å²) in [7, 11) is 1.71. The Balaban J connectivity index is 2.44. The summed E-state index contributed by atoms with van der Waals surface area (Å²) >= 11 is 0. The predicted molar refractivity (Wildman–Crippen MR) is 40.1 cm³/mol. The van der Waals surface area contributed by atoms with Gasteiger partial charge in [-0.25, -0.2) is 9.89 Å². The Bertz CT molecular complexity index is 309. The molecule has 0 amide bonds. The number of nitrogens with zero attached hydrogens (tertiary/aromatic N) is 2. The van der Waals surface area contributed by atoms with Crippen molar-refractivity contribution in [1.82, 2.24) is 14.9 Å². The van der Waals surface area contributed by atoms with E-state index in [2.05, 4.69) is 15.6 Å². The van der Waals surface area contributed by atoms with Crippen LogP contribution in [0, 0.1) is 0 Å². The predicted octanol–water partition coefficient (Wildman–Crippen LogP) is -0.378. The molecule has 1 aromatic heterocycles. The van der Waals surface area contributed by atoms with Crippen molar-refractivity contribution < 1.29 is 0 Å². The average molecular weight is 154 g/mol. The van der Waals surface area contributed by atoms with Gasteiger partial charge in [0.05, 0.1) is 0 Å². The standard InChI is InChI=1S/C6H10N4O/c1-7-10-5(4-2-3-4)8-9-6(10)11/h4,7H,2-3H2,1H3,(H,9,11). The molecule has 0 saturated heterocycles. The van der Waals surface area contributed by atoms with Gasteiger partial charge in [-0.15, -0.1) is 0 Å². The molecule has 11 heavy (non-hydrogen) atoms. The Morgan fingerprint density at radius 1 is 1.73 bits per heavy atom. The third-order valence-corrected chi connectivity index (χ3v) is 1.86. The smallest absolute Gasteiger partial charge is 0.323 e. The fourth-order valence-electron chi connectivity index (χ4n) is 1.14. The number of aromatic nitrogens is 3. The van der Waals surface area contributed by atoms with E-state index in [4.69, 9.17) is 0 Å². The van der Waals surface area contributed by atoms with Crippen molar-refractivity contribution >= 4 is 0 Å². The first kappa shape index (κ1) is 6.45. The molecular weight excluding hydrogens is 144 g/mol. The minimum atomic E-state index is -0.186. The number of hydrogen-bond acceptors (Lipinski definition) is 3. The second-order valence-corrected chi connectivity index (χ2v) is 2.72. The normalized spacial score (nSPS) is 16.8. The van der Waals surface area contributed by atoms with Crippen LogP contribution < -0.4 is 11.1 Å². The van der Waals surface area contributed by atoms with Crippen LogP contribution >= 0.6 is 0 Å². The van der Waals surface area contributed by atoms with Crippen LogP contribution in [0.25, 0.3) is 0 Å². The van der Waals surface area contributed by atoms with Gasteiger partial charge in [0.2, 0.25) is 0 Å². The van der Waals surface area contributed by atoms with E-state index in [1.165, 1.54) is 4.68 Å². The van der Waals surface area contributed by atoms with E-state index in [1.807, 2.05) is 0 Å². The van der Waals surface area contributed by atoms with Crippen LogP contribution in [0.2, 0.25) is 0 Å². The quantitative estimate of drug-likeness (QED) is 0.610. The lowest BCUT2D eigenvalue weighted by atomic mass is 10.4. The molecule has 1 fully saturated rings. The number of rotatable bonds is 2. The largest absolute Gasteiger partial charge is 0.362 e. The number of hydrogen-bond donors (Lipinski definition) is 2. The molecule has 1 heterocycles. The minimum Gasteiger partial charge on any atom is -0.323 e. The second kappa shape index (κ2) is 2.11. The zero-order chi connectivity index (χ0) is 7.84. The van der Waals surface area contributed by atoms with Crippen LogP contribution in [0.4, 0.5) is 0 Å². The van der Waals surface area contributed by atoms with Crippen molar-refractivity contribution in [2.75, 3.05) is 12.5 Å². The Kier molecular flexibility index (Phi) is 1.24. The van der Waals surface area contributed by atoms with Crippen molar-refractivity contribution in [2.45, 2.75) is 18.8 Å². The summed E-state index contributed by atoms with van der Waals surface area (Å²) in [5.41, 5.74) is 2.59. The van der Waals surface area contributed by atoms with Crippen LogP contribution in [-0.2, 0) is 0 Å². The van der Waals surface area contributed by atoms with Crippen molar-refractivity contribution in [2.24, 2.45) is 0 Å². The molecule has 0 aliphatic heterocycles. The van der Waals surface area contributed by atoms with Crippen LogP contribution in [0.5, 0.6) is 0 Å². The van der Waals surface area contributed by atoms with E-state index < -0.39 is 0 Å². The Morgan fingerprint density at radius 3 is 3.00 bits per heavy atom. The Labute approximate surface area is 63.4 Å². The van der Waals surface area contributed by atoms with Gasteiger partial charge in [0.1, 0.15) is 0 Å². The molecule has 5 nitrogen and oxygen atoms in total. The third-order valence-electron chi connectivity index (χ3n) is 1.86. The Morgan fingerprint density at radius 2 is 2.45 bits per heavy atom. The van der Waals surface area contributed by atoms with Gasteiger partial charge in [0.25, 0.3) is 0 Å². The fourth-order valence-corrected chi connectivity index (χ4v) is 1.14. The SMILES string of the molecule is CNn1c(C2CC2)n[nH]c1=O. The summed E-state index contributed by atoms with van der Waals surface area (Å²) in [6, 6.07) is 0. The van der Waals surface area contributed by atoms with Gasteiger partial charge in [-0.3, -0.25) is 0 Å². The first-order valence-electron chi connectivity index (χ1n) is 3.68. The highest BCUT2D eigenvalue weighted by molar-refractivity contribution is 5.05. The average Bonchev–Trinajstić information content (AvgIpc) is 2.76. The summed E-state index contributed by atoms with van der Waals surface area (Å²) in [5.74, 6) is 1.32. The maximum absolute atomic E-state index is 11.0. The molecule has 1 saturated carbocycles. The molecule has 0 spiro atoms. The van der Waals surface area contributed by atoms with E-state index in [9.17, 15) is 4.79 Å². The fraction of sp³-hybridized carbons (Fsp3) is 0.667. The highest BCUT2D eigenvalue weighted by atomic mass is 16.2. The summed E-state index contributed by atoms with van der Waals surface area (Å²) in [6.45, 7) is 0. The second-order valence-electron chi connectivity index (χ2n) is 2.72. The molecule has 0 bridgehead atoms. The molecule has 0 radical (unpaired) electrons. The number of nitrogens with one attached hydrogen (secondary N) is 2. The van der Waals surface area contributed by atoms with Crippen LogP contribution in [0.3, 0.4) is 0 Å². The van der Waals surface area contributed by atoms with Crippen LogP contribution in [-0.4, -0.2) is 21.9 Å². The topological polar surface area (TPSA) is 62.7 Å². The number of H-pyrrole nitrogens is 1. The third kappa shape index (κ3) is 0.923. The maximum Gasteiger partial charge on any atom is 0.362 e.